The molecule has 4 rings (SSSR count). The molecule has 7 nitrogen and oxygen atoms in total. The number of thioether (sulfide) groups is 1. The van der Waals surface area contributed by atoms with Crippen molar-refractivity contribution in [2.45, 2.75) is 48.0 Å². The monoisotopic (exact) mass is 552 g/mol. The van der Waals surface area contributed by atoms with Crippen molar-refractivity contribution in [3.05, 3.63) is 109 Å². The molecule has 1 heterocycles. The highest BCUT2D eigenvalue weighted by atomic mass is 32.2. The lowest BCUT2D eigenvalue weighted by Crippen LogP contribution is -2.60. The molecule has 39 heavy (non-hydrogen) atoms. The topological polar surface area (TPSA) is 75.6 Å². The zero-order chi connectivity index (χ0) is 27.3. The largest absolute Gasteiger partial charge is 0.497 e. The lowest BCUT2D eigenvalue weighted by molar-refractivity contribution is -0.262. The Morgan fingerprint density at radius 1 is 0.821 bits per heavy atom. The maximum atomic E-state index is 10.3. The predicted molar refractivity (Wildman–Crippen MR) is 151 cm³/mol. The quantitative estimate of drug-likeness (QED) is 0.156. The zero-order valence-electron chi connectivity index (χ0n) is 22.1. The van der Waals surface area contributed by atoms with Crippen LogP contribution in [0.1, 0.15) is 11.1 Å². The van der Waals surface area contributed by atoms with E-state index >= 15 is 0 Å². The molecule has 0 aliphatic carbocycles. The van der Waals surface area contributed by atoms with Crippen LogP contribution in [0.3, 0.4) is 0 Å². The van der Waals surface area contributed by atoms with Crippen molar-refractivity contribution in [3.8, 4) is 5.75 Å². The molecule has 0 spiro atoms. The molecule has 5 atom stereocenters. The summed E-state index contributed by atoms with van der Waals surface area (Å²) in [7, 11) is 1.63. The molecule has 3 aromatic carbocycles. The van der Waals surface area contributed by atoms with Crippen molar-refractivity contribution in [1.82, 2.24) is 0 Å². The molecule has 0 unspecified atom stereocenters. The number of benzene rings is 3. The van der Waals surface area contributed by atoms with Crippen LogP contribution in [0.4, 0.5) is 0 Å². The van der Waals surface area contributed by atoms with Crippen LogP contribution in [0, 0.1) is 0 Å². The van der Waals surface area contributed by atoms with Crippen LogP contribution in [0.25, 0.3) is 0 Å². The van der Waals surface area contributed by atoms with Gasteiger partial charge in [-0.1, -0.05) is 78.5 Å². The highest BCUT2D eigenvalue weighted by Crippen LogP contribution is 2.37. The zero-order valence-corrected chi connectivity index (χ0v) is 22.9. The first-order valence-corrected chi connectivity index (χ1v) is 13.8. The van der Waals surface area contributed by atoms with Gasteiger partial charge in [-0.05, 0) is 35.4 Å². The van der Waals surface area contributed by atoms with E-state index in [1.54, 1.807) is 13.2 Å². The average Bonchev–Trinajstić information content (AvgIpc) is 2.99. The minimum Gasteiger partial charge on any atom is -0.497 e. The van der Waals surface area contributed by atoms with Gasteiger partial charge in [0.1, 0.15) is 42.4 Å². The minimum absolute atomic E-state index is 0.0246. The summed E-state index contributed by atoms with van der Waals surface area (Å²) >= 11 is 1.52. The van der Waals surface area contributed by atoms with Crippen LogP contribution in [0.5, 0.6) is 5.75 Å². The molecular formula is C31H36O7S. The molecule has 1 saturated heterocycles. The number of aliphatic hydroxyl groups is 1. The molecule has 1 fully saturated rings. The molecule has 0 amide bonds. The first-order valence-electron chi connectivity index (χ1n) is 12.9. The Morgan fingerprint density at radius 2 is 1.51 bits per heavy atom. The second-order valence-electron chi connectivity index (χ2n) is 8.95. The third-order valence-electron chi connectivity index (χ3n) is 6.23. The van der Waals surface area contributed by atoms with E-state index in [1.807, 2.05) is 84.9 Å². The van der Waals surface area contributed by atoms with Crippen LogP contribution in [0.15, 0.2) is 102 Å². The molecule has 3 aromatic rings. The van der Waals surface area contributed by atoms with Gasteiger partial charge in [0.15, 0.2) is 0 Å². The van der Waals surface area contributed by atoms with Gasteiger partial charge in [-0.3, -0.25) is 0 Å². The molecule has 1 aliphatic heterocycles. The van der Waals surface area contributed by atoms with Crippen LogP contribution >= 0.6 is 11.8 Å². The maximum Gasteiger partial charge on any atom is 0.147 e. The summed E-state index contributed by atoms with van der Waals surface area (Å²) < 4.78 is 36.4. The summed E-state index contributed by atoms with van der Waals surface area (Å²) in [6, 6.07) is 27.5. The summed E-state index contributed by atoms with van der Waals surface area (Å²) in [4.78, 5) is 1.02. The lowest BCUT2D eigenvalue weighted by atomic mass is 9.99. The van der Waals surface area contributed by atoms with Gasteiger partial charge >= 0.3 is 0 Å². The molecule has 1 aliphatic rings. The van der Waals surface area contributed by atoms with E-state index in [-0.39, 0.29) is 13.4 Å². The van der Waals surface area contributed by atoms with Crippen LogP contribution in [0.2, 0.25) is 0 Å². The van der Waals surface area contributed by atoms with Crippen molar-refractivity contribution < 1.29 is 33.5 Å². The van der Waals surface area contributed by atoms with Gasteiger partial charge in [0, 0.05) is 4.90 Å². The molecule has 0 bridgehead atoms. The molecule has 0 saturated carbocycles. The van der Waals surface area contributed by atoms with Gasteiger partial charge in [0.25, 0.3) is 0 Å². The molecule has 1 N–H and O–H groups in total. The van der Waals surface area contributed by atoms with E-state index < -0.39 is 29.9 Å². The van der Waals surface area contributed by atoms with Gasteiger partial charge in [0.2, 0.25) is 0 Å². The Hall–Kier alpha value is -2.69. The summed E-state index contributed by atoms with van der Waals surface area (Å²) in [6.45, 7) is 4.60. The van der Waals surface area contributed by atoms with Gasteiger partial charge in [-0.25, -0.2) is 0 Å². The third-order valence-corrected chi connectivity index (χ3v) is 7.39. The second kappa shape index (κ2) is 15.8. The van der Waals surface area contributed by atoms with Crippen LogP contribution < -0.4 is 4.74 Å². The fourth-order valence-corrected chi connectivity index (χ4v) is 5.42. The summed E-state index contributed by atoms with van der Waals surface area (Å²) in [5, 5.41) is 10.3. The van der Waals surface area contributed by atoms with E-state index in [0.717, 1.165) is 21.8 Å². The molecule has 8 heteroatoms. The lowest BCUT2D eigenvalue weighted by Gasteiger charge is -2.45. The summed E-state index contributed by atoms with van der Waals surface area (Å²) in [5.74, 6) is 0.767. The minimum atomic E-state index is -0.632. The first-order chi connectivity index (χ1) is 19.2. The fraction of sp³-hybridized carbons (Fsp3) is 0.355. The summed E-state index contributed by atoms with van der Waals surface area (Å²) in [6.07, 6.45) is -0.645. The van der Waals surface area contributed by atoms with Gasteiger partial charge in [0.05, 0.1) is 33.5 Å². The Kier molecular flexibility index (Phi) is 11.9. The van der Waals surface area contributed by atoms with E-state index in [0.29, 0.717) is 19.8 Å². The van der Waals surface area contributed by atoms with Crippen LogP contribution in [-0.2, 0) is 36.9 Å². The molecule has 0 radical (unpaired) electrons. The molecular weight excluding hydrogens is 516 g/mol. The number of methoxy groups -OCH3 is 1. The highest BCUT2D eigenvalue weighted by Gasteiger charge is 2.48. The average molecular weight is 553 g/mol. The predicted octanol–water partition coefficient (Wildman–Crippen LogP) is 5.22. The molecule has 208 valence electrons. The van der Waals surface area contributed by atoms with Crippen molar-refractivity contribution in [1.29, 1.82) is 0 Å². The highest BCUT2D eigenvalue weighted by molar-refractivity contribution is 7.99. The van der Waals surface area contributed by atoms with Gasteiger partial charge in [-0.15, -0.1) is 6.58 Å². The first kappa shape index (κ1) is 29.3. The Labute approximate surface area is 234 Å². The summed E-state index contributed by atoms with van der Waals surface area (Å²) in [5.41, 5.74) is 1.55. The van der Waals surface area contributed by atoms with Crippen molar-refractivity contribution in [2.24, 2.45) is 0 Å². The Morgan fingerprint density at radius 3 is 2.18 bits per heavy atom. The standard InChI is InChI=1S/C31H36O7S/c1-3-18-35-30-29(37-22-34-20-23-10-6-4-7-11-23)28(36-21-24-14-16-25(33-2)17-15-24)27(19-32)38-31(30)39-26-12-8-5-9-13-26/h3-17,27-32H,1,18-22H2,2H3/t27-,28-,29+,30-,31+/m1/s1. The smallest absolute Gasteiger partial charge is 0.147 e. The number of hydrogen-bond acceptors (Lipinski definition) is 8. The van der Waals surface area contributed by atoms with Crippen LogP contribution in [-0.4, -0.2) is 62.1 Å². The number of hydrogen-bond donors (Lipinski definition) is 1. The van der Waals surface area contributed by atoms with Gasteiger partial charge in [-0.2, -0.15) is 0 Å². The van der Waals surface area contributed by atoms with E-state index in [1.165, 1.54) is 11.8 Å². The third kappa shape index (κ3) is 8.65. The maximum absolute atomic E-state index is 10.3. The molecule has 0 aromatic heterocycles. The number of ether oxygens (including phenoxy) is 6. The Balaban J connectivity index is 1.53. The second-order valence-corrected chi connectivity index (χ2v) is 10.1. The normalized spacial score (nSPS) is 22.9. The van der Waals surface area contributed by atoms with E-state index in [4.69, 9.17) is 28.4 Å². The van der Waals surface area contributed by atoms with Crippen molar-refractivity contribution >= 4 is 11.8 Å². The van der Waals surface area contributed by atoms with Gasteiger partial charge < -0.3 is 33.5 Å². The van der Waals surface area contributed by atoms with E-state index in [9.17, 15) is 5.11 Å². The van der Waals surface area contributed by atoms with Crippen molar-refractivity contribution in [3.63, 3.8) is 0 Å². The SMILES string of the molecule is C=CCO[C@@H]1[C@@H](OCOCc2ccccc2)[C@H](OCc2ccc(OC)cc2)[C@@H](CO)O[C@H]1Sc1ccccc1. The number of rotatable bonds is 15. The number of aliphatic hydroxyl groups excluding tert-OH is 1. The Bertz CT molecular complexity index is 1100. The fourth-order valence-electron chi connectivity index (χ4n) is 4.27. The van der Waals surface area contributed by atoms with Crippen molar-refractivity contribution in [2.75, 3.05) is 27.1 Å². The van der Waals surface area contributed by atoms with E-state index in [2.05, 4.69) is 6.58 Å².